The van der Waals surface area contributed by atoms with Crippen molar-refractivity contribution >= 4 is 15.9 Å². The lowest BCUT2D eigenvalue weighted by Gasteiger charge is -2.20. The maximum absolute atomic E-state index is 12.1. The van der Waals surface area contributed by atoms with Crippen molar-refractivity contribution in [3.05, 3.63) is 48.5 Å². The zero-order valence-electron chi connectivity index (χ0n) is 13.7. The van der Waals surface area contributed by atoms with Crippen molar-refractivity contribution in [2.75, 3.05) is 6.54 Å². The molecule has 130 valence electrons. The predicted octanol–water partition coefficient (Wildman–Crippen LogP) is 1.59. The molecule has 0 aliphatic rings. The van der Waals surface area contributed by atoms with Crippen LogP contribution in [-0.2, 0) is 14.8 Å². The Morgan fingerprint density at radius 3 is 2.54 bits per heavy atom. The van der Waals surface area contributed by atoms with Gasteiger partial charge in [-0.2, -0.15) is 0 Å². The number of carbonyl (C=O) groups is 1. The molecule has 0 aliphatic carbocycles. The molecule has 0 bridgehead atoms. The number of aromatic amines is 1. The van der Waals surface area contributed by atoms with Crippen molar-refractivity contribution in [2.45, 2.75) is 31.2 Å². The second-order valence-corrected chi connectivity index (χ2v) is 7.49. The molecule has 0 saturated carbocycles. The van der Waals surface area contributed by atoms with Gasteiger partial charge in [0, 0.05) is 25.4 Å². The smallest absolute Gasteiger partial charge is 0.240 e. The van der Waals surface area contributed by atoms with Gasteiger partial charge in [0.15, 0.2) is 0 Å². The van der Waals surface area contributed by atoms with E-state index in [-0.39, 0.29) is 35.7 Å². The van der Waals surface area contributed by atoms with Crippen molar-refractivity contribution in [3.63, 3.8) is 0 Å². The van der Waals surface area contributed by atoms with Crippen molar-refractivity contribution in [1.82, 2.24) is 20.0 Å². The van der Waals surface area contributed by atoms with E-state index in [1.807, 2.05) is 13.8 Å². The van der Waals surface area contributed by atoms with Gasteiger partial charge in [-0.3, -0.25) is 4.79 Å². The molecule has 0 aliphatic heterocycles. The quantitative estimate of drug-likeness (QED) is 0.672. The average Bonchev–Trinajstić information content (AvgIpc) is 3.07. The first-order chi connectivity index (χ1) is 11.4. The van der Waals surface area contributed by atoms with Crippen LogP contribution in [0, 0.1) is 5.92 Å². The number of hydrogen-bond donors (Lipinski definition) is 3. The van der Waals surface area contributed by atoms with Gasteiger partial charge in [-0.15, -0.1) is 0 Å². The lowest BCUT2D eigenvalue weighted by Crippen LogP contribution is -2.35. The molecule has 1 heterocycles. The number of aromatic nitrogens is 2. The molecule has 0 spiro atoms. The number of carbonyl (C=O) groups excluding carboxylic acids is 1. The van der Waals surface area contributed by atoms with Crippen molar-refractivity contribution in [1.29, 1.82) is 0 Å². The Balaban J connectivity index is 1.87. The summed E-state index contributed by atoms with van der Waals surface area (Å²) in [6.07, 6.45) is 3.38. The Morgan fingerprint density at radius 1 is 1.25 bits per heavy atom. The highest BCUT2D eigenvalue weighted by Gasteiger charge is 2.20. The summed E-state index contributed by atoms with van der Waals surface area (Å²) in [7, 11) is -3.59. The monoisotopic (exact) mass is 350 g/mol. The maximum Gasteiger partial charge on any atom is 0.240 e. The van der Waals surface area contributed by atoms with Gasteiger partial charge in [0.1, 0.15) is 5.82 Å². The van der Waals surface area contributed by atoms with Crippen molar-refractivity contribution < 1.29 is 13.2 Å². The fourth-order valence-electron chi connectivity index (χ4n) is 2.23. The summed E-state index contributed by atoms with van der Waals surface area (Å²) in [5, 5.41) is 2.88. The van der Waals surface area contributed by atoms with E-state index in [0.717, 1.165) is 0 Å². The molecule has 8 heteroatoms. The molecule has 0 fully saturated rings. The third-order valence-electron chi connectivity index (χ3n) is 3.49. The highest BCUT2D eigenvalue weighted by molar-refractivity contribution is 7.89. The summed E-state index contributed by atoms with van der Waals surface area (Å²) >= 11 is 0. The SMILES string of the molecule is CC(C)[C@H](NC(=O)CCNS(=O)(=O)c1ccccc1)c1ncc[nH]1. The summed E-state index contributed by atoms with van der Waals surface area (Å²) < 4.78 is 26.6. The minimum atomic E-state index is -3.59. The van der Waals surface area contributed by atoms with E-state index in [2.05, 4.69) is 20.0 Å². The van der Waals surface area contributed by atoms with E-state index in [1.165, 1.54) is 12.1 Å². The molecule has 1 aromatic heterocycles. The summed E-state index contributed by atoms with van der Waals surface area (Å²) in [4.78, 5) is 19.4. The fourth-order valence-corrected chi connectivity index (χ4v) is 3.28. The first-order valence-corrected chi connectivity index (χ1v) is 9.22. The van der Waals surface area contributed by atoms with Crippen LogP contribution in [0.2, 0.25) is 0 Å². The molecule has 7 nitrogen and oxygen atoms in total. The van der Waals surface area contributed by atoms with Crippen LogP contribution >= 0.6 is 0 Å². The van der Waals surface area contributed by atoms with E-state index < -0.39 is 10.0 Å². The van der Waals surface area contributed by atoms with Crippen LogP contribution in [0.25, 0.3) is 0 Å². The molecule has 0 radical (unpaired) electrons. The van der Waals surface area contributed by atoms with Gasteiger partial charge in [0.25, 0.3) is 0 Å². The number of hydrogen-bond acceptors (Lipinski definition) is 4. The molecule has 0 unspecified atom stereocenters. The Labute approximate surface area is 141 Å². The number of benzene rings is 1. The number of nitrogens with one attached hydrogen (secondary N) is 3. The number of imidazole rings is 1. The second kappa shape index (κ2) is 8.07. The average molecular weight is 350 g/mol. The van der Waals surface area contributed by atoms with Crippen LogP contribution in [0.1, 0.15) is 32.1 Å². The summed E-state index contributed by atoms with van der Waals surface area (Å²) in [6, 6.07) is 7.82. The van der Waals surface area contributed by atoms with Crippen LogP contribution in [0.3, 0.4) is 0 Å². The van der Waals surface area contributed by atoms with E-state index >= 15 is 0 Å². The summed E-state index contributed by atoms with van der Waals surface area (Å²) in [5.74, 6) is 0.602. The van der Waals surface area contributed by atoms with Gasteiger partial charge in [-0.25, -0.2) is 18.1 Å². The molecule has 1 atom stereocenters. The van der Waals surface area contributed by atoms with Crippen LogP contribution in [-0.4, -0.2) is 30.8 Å². The lowest BCUT2D eigenvalue weighted by atomic mass is 10.0. The zero-order valence-corrected chi connectivity index (χ0v) is 14.5. The Hall–Kier alpha value is -2.19. The molecule has 24 heavy (non-hydrogen) atoms. The van der Waals surface area contributed by atoms with Gasteiger partial charge in [-0.1, -0.05) is 32.0 Å². The van der Waals surface area contributed by atoms with E-state index in [9.17, 15) is 13.2 Å². The third-order valence-corrected chi connectivity index (χ3v) is 4.97. The first-order valence-electron chi connectivity index (χ1n) is 7.73. The number of sulfonamides is 1. The largest absolute Gasteiger partial charge is 0.347 e. The molecule has 1 amide bonds. The summed E-state index contributed by atoms with van der Waals surface area (Å²) in [5.41, 5.74) is 0. The third kappa shape index (κ3) is 4.90. The Morgan fingerprint density at radius 2 is 1.96 bits per heavy atom. The predicted molar refractivity (Wildman–Crippen MR) is 90.6 cm³/mol. The molecule has 2 aromatic rings. The fraction of sp³-hybridized carbons (Fsp3) is 0.375. The van der Waals surface area contributed by atoms with Gasteiger partial charge in [-0.05, 0) is 18.1 Å². The minimum absolute atomic E-state index is 0.0338. The van der Waals surface area contributed by atoms with Crippen LogP contribution in [0.15, 0.2) is 47.6 Å². The molecule has 0 saturated heterocycles. The Bertz CT molecular complexity index is 743. The molecule has 2 rings (SSSR count). The van der Waals surface area contributed by atoms with E-state index in [0.29, 0.717) is 5.82 Å². The van der Waals surface area contributed by atoms with Gasteiger partial charge in [0.05, 0.1) is 10.9 Å². The molecule has 3 N–H and O–H groups in total. The highest BCUT2D eigenvalue weighted by atomic mass is 32.2. The van der Waals surface area contributed by atoms with Crippen molar-refractivity contribution in [3.8, 4) is 0 Å². The second-order valence-electron chi connectivity index (χ2n) is 5.72. The van der Waals surface area contributed by atoms with Gasteiger partial charge < -0.3 is 10.3 Å². The number of H-pyrrole nitrogens is 1. The van der Waals surface area contributed by atoms with Gasteiger partial charge >= 0.3 is 0 Å². The van der Waals surface area contributed by atoms with E-state index in [1.54, 1.807) is 30.6 Å². The maximum atomic E-state index is 12.1. The molecule has 1 aromatic carbocycles. The standard InChI is InChI=1S/C16H22N4O3S/c1-12(2)15(16-17-10-11-18-16)20-14(21)8-9-19-24(22,23)13-6-4-3-5-7-13/h3-7,10-12,15,19H,8-9H2,1-2H3,(H,17,18)(H,20,21)/t15-/m0/s1. The first kappa shape index (κ1) is 18.2. The van der Waals surface area contributed by atoms with E-state index in [4.69, 9.17) is 0 Å². The molecular weight excluding hydrogens is 328 g/mol. The molecular formula is C16H22N4O3S. The number of nitrogens with zero attached hydrogens (tertiary/aromatic N) is 1. The highest BCUT2D eigenvalue weighted by Crippen LogP contribution is 2.17. The van der Waals surface area contributed by atoms with Gasteiger partial charge in [0.2, 0.25) is 15.9 Å². The van der Waals surface area contributed by atoms with Crippen LogP contribution < -0.4 is 10.0 Å². The minimum Gasteiger partial charge on any atom is -0.347 e. The summed E-state index contributed by atoms with van der Waals surface area (Å²) in [6.45, 7) is 3.99. The zero-order chi connectivity index (χ0) is 17.6. The lowest BCUT2D eigenvalue weighted by molar-refractivity contribution is -0.122. The van der Waals surface area contributed by atoms with Crippen LogP contribution in [0.4, 0.5) is 0 Å². The Kier molecular flexibility index (Phi) is 6.10. The normalized spacial score (nSPS) is 13.0. The van der Waals surface area contributed by atoms with Crippen LogP contribution in [0.5, 0.6) is 0 Å². The van der Waals surface area contributed by atoms with Crippen molar-refractivity contribution in [2.24, 2.45) is 5.92 Å². The topological polar surface area (TPSA) is 104 Å². The number of amides is 1. The number of rotatable bonds is 8.